The van der Waals surface area contributed by atoms with E-state index in [0.717, 1.165) is 30.5 Å². The molecule has 0 aromatic heterocycles. The standard InChI is InChI=1S/C12H19BrN2O/c1-15(2)7-3-6-14-9-10-4-5-12(16)11(13)8-10/h4-5,8,14,16H,3,6-7,9H2,1-2H3. The van der Waals surface area contributed by atoms with Crippen molar-refractivity contribution in [3.8, 4) is 5.75 Å². The van der Waals surface area contributed by atoms with Crippen LogP contribution in [0.1, 0.15) is 12.0 Å². The number of nitrogens with zero attached hydrogens (tertiary/aromatic N) is 1. The van der Waals surface area contributed by atoms with Gasteiger partial charge in [0.25, 0.3) is 0 Å². The van der Waals surface area contributed by atoms with Gasteiger partial charge in [0.05, 0.1) is 4.47 Å². The van der Waals surface area contributed by atoms with Crippen molar-refractivity contribution in [2.24, 2.45) is 0 Å². The van der Waals surface area contributed by atoms with Crippen LogP contribution in [-0.4, -0.2) is 37.2 Å². The summed E-state index contributed by atoms with van der Waals surface area (Å²) in [5, 5.41) is 12.7. The molecule has 1 aromatic rings. The Morgan fingerprint density at radius 1 is 1.38 bits per heavy atom. The van der Waals surface area contributed by atoms with Crippen LogP contribution in [0.4, 0.5) is 0 Å². The van der Waals surface area contributed by atoms with E-state index in [9.17, 15) is 5.11 Å². The first-order valence-corrected chi connectivity index (χ1v) is 6.21. The molecule has 1 aromatic carbocycles. The van der Waals surface area contributed by atoms with Gasteiger partial charge in [-0.05, 0) is 67.2 Å². The van der Waals surface area contributed by atoms with E-state index in [2.05, 4.69) is 40.2 Å². The monoisotopic (exact) mass is 286 g/mol. The normalized spacial score (nSPS) is 11.0. The van der Waals surface area contributed by atoms with Crippen LogP contribution in [0.5, 0.6) is 5.75 Å². The lowest BCUT2D eigenvalue weighted by atomic mass is 10.2. The zero-order valence-electron chi connectivity index (χ0n) is 9.83. The van der Waals surface area contributed by atoms with Crippen LogP contribution in [0, 0.1) is 0 Å². The molecule has 0 aliphatic rings. The second-order valence-electron chi connectivity index (χ2n) is 4.12. The zero-order chi connectivity index (χ0) is 12.0. The predicted molar refractivity (Wildman–Crippen MR) is 70.7 cm³/mol. The highest BCUT2D eigenvalue weighted by molar-refractivity contribution is 9.10. The van der Waals surface area contributed by atoms with Crippen LogP contribution < -0.4 is 5.32 Å². The first kappa shape index (κ1) is 13.5. The Morgan fingerprint density at radius 3 is 2.75 bits per heavy atom. The number of halogens is 1. The Labute approximate surface area is 106 Å². The molecule has 0 radical (unpaired) electrons. The fourth-order valence-electron chi connectivity index (χ4n) is 1.41. The lowest BCUT2D eigenvalue weighted by molar-refractivity contribution is 0.394. The third kappa shape index (κ3) is 4.96. The summed E-state index contributed by atoms with van der Waals surface area (Å²) in [6.45, 7) is 2.95. The summed E-state index contributed by atoms with van der Waals surface area (Å²) in [6.07, 6.45) is 1.15. The average molecular weight is 287 g/mol. The number of hydrogen-bond acceptors (Lipinski definition) is 3. The van der Waals surface area contributed by atoms with Crippen molar-refractivity contribution in [3.63, 3.8) is 0 Å². The maximum absolute atomic E-state index is 9.34. The van der Waals surface area contributed by atoms with Crippen molar-refractivity contribution >= 4 is 15.9 Å². The SMILES string of the molecule is CN(C)CCCNCc1ccc(O)c(Br)c1. The van der Waals surface area contributed by atoms with Gasteiger partial charge in [-0.3, -0.25) is 0 Å². The van der Waals surface area contributed by atoms with Gasteiger partial charge in [0.2, 0.25) is 0 Å². The minimum absolute atomic E-state index is 0.288. The van der Waals surface area contributed by atoms with Crippen LogP contribution in [-0.2, 0) is 6.54 Å². The smallest absolute Gasteiger partial charge is 0.129 e. The highest BCUT2D eigenvalue weighted by Gasteiger charge is 1.99. The van der Waals surface area contributed by atoms with Crippen molar-refractivity contribution in [1.29, 1.82) is 0 Å². The van der Waals surface area contributed by atoms with Crippen LogP contribution in [0.3, 0.4) is 0 Å². The van der Waals surface area contributed by atoms with E-state index in [1.165, 1.54) is 5.56 Å². The molecule has 0 aliphatic heterocycles. The van der Waals surface area contributed by atoms with Gasteiger partial charge in [-0.2, -0.15) is 0 Å². The molecule has 0 spiro atoms. The lowest BCUT2D eigenvalue weighted by Crippen LogP contribution is -2.20. The average Bonchev–Trinajstić information content (AvgIpc) is 2.22. The number of phenols is 1. The van der Waals surface area contributed by atoms with E-state index < -0.39 is 0 Å². The molecule has 0 fully saturated rings. The molecule has 0 bridgehead atoms. The maximum atomic E-state index is 9.34. The largest absolute Gasteiger partial charge is 0.507 e. The Morgan fingerprint density at radius 2 is 2.12 bits per heavy atom. The summed E-state index contributed by atoms with van der Waals surface area (Å²) < 4.78 is 0.750. The summed E-state index contributed by atoms with van der Waals surface area (Å²) in [6, 6.07) is 5.58. The number of nitrogens with one attached hydrogen (secondary N) is 1. The summed E-state index contributed by atoms with van der Waals surface area (Å²) >= 11 is 3.30. The van der Waals surface area contributed by atoms with E-state index in [4.69, 9.17) is 0 Å². The minimum Gasteiger partial charge on any atom is -0.507 e. The van der Waals surface area contributed by atoms with E-state index in [0.29, 0.717) is 0 Å². The number of rotatable bonds is 6. The van der Waals surface area contributed by atoms with Crippen molar-refractivity contribution in [2.75, 3.05) is 27.2 Å². The summed E-state index contributed by atoms with van der Waals surface area (Å²) in [5.74, 6) is 0.288. The van der Waals surface area contributed by atoms with Crippen LogP contribution >= 0.6 is 15.9 Å². The molecule has 0 unspecified atom stereocenters. The molecule has 16 heavy (non-hydrogen) atoms. The number of phenolic OH excluding ortho intramolecular Hbond substituents is 1. The molecule has 2 N–H and O–H groups in total. The van der Waals surface area contributed by atoms with Gasteiger partial charge in [0.15, 0.2) is 0 Å². The van der Waals surface area contributed by atoms with Gasteiger partial charge in [-0.15, -0.1) is 0 Å². The predicted octanol–water partition coefficient (Wildman–Crippen LogP) is 2.20. The van der Waals surface area contributed by atoms with Gasteiger partial charge in [0, 0.05) is 6.54 Å². The van der Waals surface area contributed by atoms with Crippen molar-refractivity contribution in [1.82, 2.24) is 10.2 Å². The molecule has 3 nitrogen and oxygen atoms in total. The Kier molecular flexibility index (Phi) is 5.80. The molecule has 0 saturated heterocycles. The van der Waals surface area contributed by atoms with E-state index in [-0.39, 0.29) is 5.75 Å². The molecular weight excluding hydrogens is 268 g/mol. The molecule has 0 atom stereocenters. The third-order valence-electron chi connectivity index (χ3n) is 2.30. The van der Waals surface area contributed by atoms with Gasteiger partial charge in [0.1, 0.15) is 5.75 Å². The van der Waals surface area contributed by atoms with E-state index in [1.807, 2.05) is 12.1 Å². The van der Waals surface area contributed by atoms with E-state index >= 15 is 0 Å². The topological polar surface area (TPSA) is 35.5 Å². The van der Waals surface area contributed by atoms with Gasteiger partial charge in [-0.25, -0.2) is 0 Å². The van der Waals surface area contributed by atoms with Crippen molar-refractivity contribution in [3.05, 3.63) is 28.2 Å². The molecular formula is C12H19BrN2O. The molecule has 4 heteroatoms. The van der Waals surface area contributed by atoms with Crippen molar-refractivity contribution < 1.29 is 5.11 Å². The lowest BCUT2D eigenvalue weighted by Gasteiger charge is -2.10. The molecule has 1 rings (SSSR count). The van der Waals surface area contributed by atoms with Gasteiger partial charge >= 0.3 is 0 Å². The Hall–Kier alpha value is -0.580. The molecule has 90 valence electrons. The number of hydrogen-bond donors (Lipinski definition) is 2. The first-order valence-electron chi connectivity index (χ1n) is 5.42. The third-order valence-corrected chi connectivity index (χ3v) is 2.94. The fraction of sp³-hybridized carbons (Fsp3) is 0.500. The molecule has 0 heterocycles. The highest BCUT2D eigenvalue weighted by atomic mass is 79.9. The number of benzene rings is 1. The van der Waals surface area contributed by atoms with Crippen LogP contribution in [0.15, 0.2) is 22.7 Å². The van der Waals surface area contributed by atoms with Gasteiger partial charge in [-0.1, -0.05) is 6.07 Å². The fourth-order valence-corrected chi connectivity index (χ4v) is 1.84. The second-order valence-corrected chi connectivity index (χ2v) is 4.97. The van der Waals surface area contributed by atoms with Gasteiger partial charge < -0.3 is 15.3 Å². The Balaban J connectivity index is 2.24. The summed E-state index contributed by atoms with van der Waals surface area (Å²) in [5.41, 5.74) is 1.18. The summed E-state index contributed by atoms with van der Waals surface area (Å²) in [4.78, 5) is 2.18. The molecule has 0 saturated carbocycles. The zero-order valence-corrected chi connectivity index (χ0v) is 11.4. The summed E-state index contributed by atoms with van der Waals surface area (Å²) in [7, 11) is 4.16. The second kappa shape index (κ2) is 6.89. The number of aromatic hydroxyl groups is 1. The highest BCUT2D eigenvalue weighted by Crippen LogP contribution is 2.23. The maximum Gasteiger partial charge on any atom is 0.129 e. The molecule has 0 aliphatic carbocycles. The quantitative estimate of drug-likeness (QED) is 0.787. The first-order chi connectivity index (χ1) is 7.59. The minimum atomic E-state index is 0.288. The van der Waals surface area contributed by atoms with Crippen LogP contribution in [0.25, 0.3) is 0 Å². The Bertz CT molecular complexity index is 329. The van der Waals surface area contributed by atoms with Crippen LogP contribution in [0.2, 0.25) is 0 Å². The van der Waals surface area contributed by atoms with Crippen molar-refractivity contribution in [2.45, 2.75) is 13.0 Å². The molecule has 0 amide bonds. The van der Waals surface area contributed by atoms with E-state index in [1.54, 1.807) is 6.07 Å².